The number of rotatable bonds is 3. The molecule has 0 radical (unpaired) electrons. The smallest absolute Gasteiger partial charge is 0.149 e. The highest BCUT2D eigenvalue weighted by Crippen LogP contribution is 2.37. The van der Waals surface area contributed by atoms with Crippen LogP contribution >= 0.6 is 0 Å². The van der Waals surface area contributed by atoms with Gasteiger partial charge in [-0.3, -0.25) is 0 Å². The van der Waals surface area contributed by atoms with Crippen molar-refractivity contribution >= 4 is 6.29 Å². The first-order chi connectivity index (χ1) is 6.23. The maximum Gasteiger partial charge on any atom is 0.149 e. The van der Waals surface area contributed by atoms with Gasteiger partial charge in [0, 0.05) is 12.5 Å². The van der Waals surface area contributed by atoms with E-state index in [4.69, 9.17) is 4.74 Å². The fourth-order valence-electron chi connectivity index (χ4n) is 2.33. The summed E-state index contributed by atoms with van der Waals surface area (Å²) in [7, 11) is 1.63. The first-order valence-electron chi connectivity index (χ1n) is 5.21. The molecule has 0 aliphatic heterocycles. The first kappa shape index (κ1) is 10.7. The zero-order valence-electron chi connectivity index (χ0n) is 8.71. The Bertz CT molecular complexity index is 157. The standard InChI is InChI=1S/C11H20O2/c1-11(10(9-12)13-2)7-5-3-4-6-8-11/h9-10H,3-8H2,1-2H3. The Kier molecular flexibility index (Phi) is 3.91. The highest BCUT2D eigenvalue weighted by molar-refractivity contribution is 5.57. The summed E-state index contributed by atoms with van der Waals surface area (Å²) in [5.41, 5.74) is 0.0903. The highest BCUT2D eigenvalue weighted by atomic mass is 16.5. The Hall–Kier alpha value is -0.370. The molecule has 1 aliphatic carbocycles. The Morgan fingerprint density at radius 3 is 2.15 bits per heavy atom. The van der Waals surface area contributed by atoms with Crippen LogP contribution in [0.25, 0.3) is 0 Å². The molecular weight excluding hydrogens is 164 g/mol. The second-order valence-corrected chi connectivity index (χ2v) is 4.36. The van der Waals surface area contributed by atoms with E-state index in [1.165, 1.54) is 25.7 Å². The molecule has 2 heteroatoms. The summed E-state index contributed by atoms with van der Waals surface area (Å²) < 4.78 is 5.23. The number of carbonyl (C=O) groups excluding carboxylic acids is 1. The molecule has 1 fully saturated rings. The Balaban J connectivity index is 2.63. The fraction of sp³-hybridized carbons (Fsp3) is 0.909. The van der Waals surface area contributed by atoms with Crippen molar-refractivity contribution in [2.75, 3.05) is 7.11 Å². The molecule has 0 heterocycles. The van der Waals surface area contributed by atoms with Crippen molar-refractivity contribution in [3.63, 3.8) is 0 Å². The van der Waals surface area contributed by atoms with Crippen LogP contribution in [0, 0.1) is 5.41 Å². The molecule has 1 atom stereocenters. The minimum absolute atomic E-state index is 0.0903. The van der Waals surface area contributed by atoms with Crippen molar-refractivity contribution in [2.45, 2.75) is 51.6 Å². The van der Waals surface area contributed by atoms with Crippen LogP contribution in [0.2, 0.25) is 0 Å². The van der Waals surface area contributed by atoms with E-state index < -0.39 is 0 Å². The molecule has 0 saturated heterocycles. The minimum Gasteiger partial charge on any atom is -0.373 e. The van der Waals surface area contributed by atoms with Crippen LogP contribution in [0.15, 0.2) is 0 Å². The molecule has 0 aromatic heterocycles. The van der Waals surface area contributed by atoms with Gasteiger partial charge in [0.2, 0.25) is 0 Å². The summed E-state index contributed by atoms with van der Waals surface area (Å²) in [4.78, 5) is 10.8. The molecule has 0 aromatic rings. The third kappa shape index (κ3) is 2.53. The lowest BCUT2D eigenvalue weighted by Crippen LogP contribution is -2.34. The largest absolute Gasteiger partial charge is 0.373 e. The molecule has 1 saturated carbocycles. The molecule has 76 valence electrons. The van der Waals surface area contributed by atoms with Gasteiger partial charge in [0.05, 0.1) is 0 Å². The van der Waals surface area contributed by atoms with Crippen molar-refractivity contribution in [2.24, 2.45) is 5.41 Å². The SMILES string of the molecule is COC(C=O)C1(C)CCCCCC1. The summed E-state index contributed by atoms with van der Waals surface area (Å²) in [6, 6.07) is 0. The van der Waals surface area contributed by atoms with E-state index in [0.717, 1.165) is 19.1 Å². The molecule has 1 aliphatic rings. The van der Waals surface area contributed by atoms with Crippen LogP contribution in [0.5, 0.6) is 0 Å². The molecular formula is C11H20O2. The minimum atomic E-state index is -0.203. The van der Waals surface area contributed by atoms with Crippen molar-refractivity contribution < 1.29 is 9.53 Å². The zero-order chi connectivity index (χ0) is 9.73. The first-order valence-corrected chi connectivity index (χ1v) is 5.21. The van der Waals surface area contributed by atoms with E-state index in [2.05, 4.69) is 6.92 Å². The van der Waals surface area contributed by atoms with Crippen LogP contribution in [-0.2, 0) is 9.53 Å². The molecule has 1 rings (SSSR count). The molecule has 13 heavy (non-hydrogen) atoms. The quantitative estimate of drug-likeness (QED) is 0.497. The number of carbonyl (C=O) groups is 1. The van der Waals surface area contributed by atoms with Gasteiger partial charge in [-0.15, -0.1) is 0 Å². The van der Waals surface area contributed by atoms with Gasteiger partial charge in [0.25, 0.3) is 0 Å². The second kappa shape index (κ2) is 4.75. The van der Waals surface area contributed by atoms with Crippen LogP contribution in [-0.4, -0.2) is 19.5 Å². The summed E-state index contributed by atoms with van der Waals surface area (Å²) in [6.07, 6.45) is 8.12. The second-order valence-electron chi connectivity index (χ2n) is 4.36. The van der Waals surface area contributed by atoms with Gasteiger partial charge in [-0.25, -0.2) is 0 Å². The number of hydrogen-bond donors (Lipinski definition) is 0. The lowest BCUT2D eigenvalue weighted by molar-refractivity contribution is -0.124. The zero-order valence-corrected chi connectivity index (χ0v) is 8.71. The van der Waals surface area contributed by atoms with Gasteiger partial charge in [-0.2, -0.15) is 0 Å². The van der Waals surface area contributed by atoms with E-state index in [0.29, 0.717) is 0 Å². The molecule has 0 amide bonds. The van der Waals surface area contributed by atoms with E-state index in [1.54, 1.807) is 7.11 Å². The van der Waals surface area contributed by atoms with Gasteiger partial charge >= 0.3 is 0 Å². The predicted octanol–water partition coefficient (Wildman–Crippen LogP) is 2.56. The maximum atomic E-state index is 10.8. The van der Waals surface area contributed by atoms with Gasteiger partial charge in [0.1, 0.15) is 12.4 Å². The molecule has 1 unspecified atom stereocenters. The van der Waals surface area contributed by atoms with E-state index in [9.17, 15) is 4.79 Å². The average Bonchev–Trinajstić information content (AvgIpc) is 2.33. The molecule has 2 nitrogen and oxygen atoms in total. The maximum absolute atomic E-state index is 10.8. The van der Waals surface area contributed by atoms with Crippen LogP contribution in [0.3, 0.4) is 0 Å². The molecule has 0 aromatic carbocycles. The summed E-state index contributed by atoms with van der Waals surface area (Å²) >= 11 is 0. The number of hydrogen-bond acceptors (Lipinski definition) is 2. The summed E-state index contributed by atoms with van der Waals surface area (Å²) in [5.74, 6) is 0. The Labute approximate surface area is 80.7 Å². The Morgan fingerprint density at radius 2 is 1.77 bits per heavy atom. The summed E-state index contributed by atoms with van der Waals surface area (Å²) in [6.45, 7) is 2.18. The number of aldehydes is 1. The van der Waals surface area contributed by atoms with E-state index >= 15 is 0 Å². The average molecular weight is 184 g/mol. The molecule has 0 N–H and O–H groups in total. The van der Waals surface area contributed by atoms with E-state index in [1.807, 2.05) is 0 Å². The Morgan fingerprint density at radius 1 is 1.23 bits per heavy atom. The number of ether oxygens (including phenoxy) is 1. The third-order valence-electron chi connectivity index (χ3n) is 3.31. The fourth-order valence-corrected chi connectivity index (χ4v) is 2.33. The van der Waals surface area contributed by atoms with E-state index in [-0.39, 0.29) is 11.5 Å². The van der Waals surface area contributed by atoms with Crippen LogP contribution in [0.4, 0.5) is 0 Å². The lowest BCUT2D eigenvalue weighted by Gasteiger charge is -2.32. The van der Waals surface area contributed by atoms with Gasteiger partial charge < -0.3 is 9.53 Å². The topological polar surface area (TPSA) is 26.3 Å². The molecule has 0 spiro atoms. The normalized spacial score (nSPS) is 24.8. The predicted molar refractivity (Wildman–Crippen MR) is 52.7 cm³/mol. The molecule has 0 bridgehead atoms. The van der Waals surface area contributed by atoms with Crippen LogP contribution in [0.1, 0.15) is 45.4 Å². The van der Waals surface area contributed by atoms with Gasteiger partial charge in [-0.05, 0) is 12.8 Å². The van der Waals surface area contributed by atoms with Crippen molar-refractivity contribution in [1.82, 2.24) is 0 Å². The third-order valence-corrected chi connectivity index (χ3v) is 3.31. The van der Waals surface area contributed by atoms with Crippen molar-refractivity contribution in [3.05, 3.63) is 0 Å². The lowest BCUT2D eigenvalue weighted by atomic mass is 9.78. The van der Waals surface area contributed by atoms with Gasteiger partial charge in [0.15, 0.2) is 0 Å². The number of methoxy groups -OCH3 is 1. The van der Waals surface area contributed by atoms with Crippen molar-refractivity contribution in [3.8, 4) is 0 Å². The van der Waals surface area contributed by atoms with Crippen LogP contribution < -0.4 is 0 Å². The summed E-state index contributed by atoms with van der Waals surface area (Å²) in [5, 5.41) is 0. The highest BCUT2D eigenvalue weighted by Gasteiger charge is 2.34. The van der Waals surface area contributed by atoms with Crippen molar-refractivity contribution in [1.29, 1.82) is 0 Å². The monoisotopic (exact) mass is 184 g/mol. The van der Waals surface area contributed by atoms with Gasteiger partial charge in [-0.1, -0.05) is 32.6 Å².